The van der Waals surface area contributed by atoms with E-state index in [1.54, 1.807) is 0 Å². The van der Waals surface area contributed by atoms with Crippen LogP contribution in [0, 0.1) is 24.1 Å². The smallest absolute Gasteiger partial charge is 0.222 e. The zero-order valence-electron chi connectivity index (χ0n) is 9.65. The Morgan fingerprint density at radius 3 is 1.56 bits per heavy atom. The second kappa shape index (κ2) is 6.12. The van der Waals surface area contributed by atoms with E-state index >= 15 is 0 Å². The van der Waals surface area contributed by atoms with Gasteiger partial charge in [0.2, 0.25) is 0 Å². The maximum absolute atomic E-state index is 8.49. The first-order chi connectivity index (χ1) is 7.09. The molecule has 1 heterocycles. The number of aryl methyl sites for hydroxylation is 2. The summed E-state index contributed by atoms with van der Waals surface area (Å²) in [6.45, 7) is 8.35. The van der Waals surface area contributed by atoms with Crippen LogP contribution in [0.25, 0.3) is 0 Å². The Labute approximate surface area is 96.7 Å². The Hall–Kier alpha value is -0.720. The molecule has 0 aliphatic heterocycles. The highest BCUT2D eigenvalue weighted by atomic mass is 35.7. The van der Waals surface area contributed by atoms with Crippen molar-refractivity contribution in [1.29, 1.82) is 0 Å². The van der Waals surface area contributed by atoms with Gasteiger partial charge >= 0.3 is 11.5 Å². The fourth-order valence-corrected chi connectivity index (χ4v) is 1.16. The molecule has 0 unspecified atom stereocenters. The molecule has 0 amide bonds. The van der Waals surface area contributed by atoms with E-state index in [0.717, 1.165) is 11.5 Å². The Kier molecular flexibility index (Phi) is 5.85. The zero-order chi connectivity index (χ0) is 12.9. The Balaban J connectivity index is 0.000000385. The van der Waals surface area contributed by atoms with E-state index in [0.29, 0.717) is 5.92 Å². The van der Waals surface area contributed by atoms with Gasteiger partial charge < -0.3 is 0 Å². The van der Waals surface area contributed by atoms with Gasteiger partial charge in [-0.05, 0) is 11.5 Å². The van der Waals surface area contributed by atoms with Gasteiger partial charge in [-0.1, -0.05) is 13.8 Å². The summed E-state index contributed by atoms with van der Waals surface area (Å²) < 4.78 is 39.3. The molecule has 1 aromatic rings. The Morgan fingerprint density at radius 2 is 1.31 bits per heavy atom. The molecule has 16 heavy (non-hydrogen) atoms. The van der Waals surface area contributed by atoms with E-state index in [1.165, 1.54) is 5.56 Å². The van der Waals surface area contributed by atoms with Crippen molar-refractivity contribution in [3.63, 3.8) is 0 Å². The topological polar surface area (TPSA) is 104 Å². The van der Waals surface area contributed by atoms with Crippen LogP contribution in [0.4, 0.5) is 0 Å². The average molecular weight is 251 g/mol. The zero-order valence-corrected chi connectivity index (χ0v) is 10.4. The first kappa shape index (κ1) is 15.3. The monoisotopic (exact) mass is 250 g/mol. The molecule has 0 bridgehead atoms. The summed E-state index contributed by atoms with van der Waals surface area (Å²) in [5, 5.41) is 0. The molecule has 0 aliphatic carbocycles. The molecule has 0 aliphatic rings. The quantitative estimate of drug-likeness (QED) is 0.567. The molecule has 0 radical (unpaired) electrons. The minimum absolute atomic E-state index is 0.587. The average Bonchev–Trinajstić information content (AvgIpc) is 1.98. The van der Waals surface area contributed by atoms with Gasteiger partial charge in [-0.2, -0.15) is 0 Å². The highest BCUT2D eigenvalue weighted by Gasteiger charge is 2.09. The van der Waals surface area contributed by atoms with E-state index in [4.69, 9.17) is 23.1 Å². The predicted molar refractivity (Wildman–Crippen MR) is 46.7 cm³/mol. The van der Waals surface area contributed by atoms with Gasteiger partial charge in [-0.25, -0.2) is 23.1 Å². The fraction of sp³-hybridized carbons (Fsp3) is 0.500. The second-order valence-corrected chi connectivity index (χ2v) is 4.40. The van der Waals surface area contributed by atoms with Gasteiger partial charge in [0.15, 0.2) is 0 Å². The fourth-order valence-electron chi connectivity index (χ4n) is 1.16. The molecule has 92 valence electrons. The van der Waals surface area contributed by atoms with Crippen molar-refractivity contribution >= 4 is 0 Å². The normalized spacial score (nSPS) is 11.1. The number of hydrogen-bond donors (Lipinski definition) is 0. The minimum atomic E-state index is -4.94. The van der Waals surface area contributed by atoms with Crippen molar-refractivity contribution in [3.05, 3.63) is 29.2 Å². The largest absolute Gasteiger partial charge is 0.326 e. The van der Waals surface area contributed by atoms with Crippen LogP contribution in [0.2, 0.25) is 0 Å². The van der Waals surface area contributed by atoms with Crippen LogP contribution >= 0.6 is 0 Å². The van der Waals surface area contributed by atoms with Gasteiger partial charge in [-0.15, -0.1) is 10.2 Å². The minimum Gasteiger partial charge on any atom is -0.222 e. The van der Waals surface area contributed by atoms with E-state index in [1.807, 2.05) is 13.8 Å². The third kappa shape index (κ3) is 8.58. The summed E-state index contributed by atoms with van der Waals surface area (Å²) in [4.78, 5) is 0. The number of rotatable bonds is 1. The van der Waals surface area contributed by atoms with Crippen LogP contribution < -0.4 is 18.6 Å². The van der Waals surface area contributed by atoms with Gasteiger partial charge in [0, 0.05) is 12.1 Å². The molecular formula is C10H15ClO5. The number of halogens is 1. The Morgan fingerprint density at radius 1 is 1.00 bits per heavy atom. The lowest BCUT2D eigenvalue weighted by Crippen LogP contribution is -2.68. The van der Waals surface area contributed by atoms with E-state index < -0.39 is 10.2 Å². The van der Waals surface area contributed by atoms with Crippen LogP contribution in [0.1, 0.15) is 36.8 Å². The first-order valence-corrected chi connectivity index (χ1v) is 5.86. The molecular weight excluding hydrogens is 236 g/mol. The third-order valence-corrected chi connectivity index (χ3v) is 1.73. The van der Waals surface area contributed by atoms with Crippen LogP contribution in [0.5, 0.6) is 0 Å². The molecule has 1 rings (SSSR count). The van der Waals surface area contributed by atoms with Crippen LogP contribution in [0.3, 0.4) is 0 Å². The lowest BCUT2D eigenvalue weighted by Gasteiger charge is -2.17. The molecule has 0 atom stereocenters. The van der Waals surface area contributed by atoms with Gasteiger partial charge in [0.1, 0.15) is 0 Å². The summed E-state index contributed by atoms with van der Waals surface area (Å²) in [5.41, 5.74) is 1.35. The molecule has 0 aromatic carbocycles. The van der Waals surface area contributed by atoms with Crippen molar-refractivity contribution in [2.75, 3.05) is 0 Å². The first-order valence-electron chi connectivity index (χ1n) is 4.62. The van der Waals surface area contributed by atoms with Gasteiger partial charge in [0.25, 0.3) is 0 Å². The summed E-state index contributed by atoms with van der Waals surface area (Å²) in [7, 11) is -4.94. The molecule has 0 saturated heterocycles. The lowest BCUT2D eigenvalue weighted by molar-refractivity contribution is -2.00. The molecule has 0 spiro atoms. The van der Waals surface area contributed by atoms with Crippen LogP contribution in [0.15, 0.2) is 16.5 Å². The van der Waals surface area contributed by atoms with Crippen molar-refractivity contribution in [2.24, 2.45) is 0 Å². The van der Waals surface area contributed by atoms with Crippen LogP contribution in [-0.4, -0.2) is 0 Å². The third-order valence-electron chi connectivity index (χ3n) is 1.73. The predicted octanol–water partition coefficient (Wildman–Crippen LogP) is -1.46. The van der Waals surface area contributed by atoms with Crippen molar-refractivity contribution in [3.8, 4) is 0 Å². The summed E-state index contributed by atoms with van der Waals surface area (Å²) in [6, 6.07) is 4.19. The van der Waals surface area contributed by atoms with Gasteiger partial charge in [0.05, 0.1) is 13.8 Å². The summed E-state index contributed by atoms with van der Waals surface area (Å²) in [5.74, 6) is 2.58. The Bertz CT molecular complexity index is 306. The van der Waals surface area contributed by atoms with Crippen molar-refractivity contribution in [2.45, 2.75) is 33.6 Å². The summed E-state index contributed by atoms with van der Waals surface area (Å²) in [6.07, 6.45) is 0. The van der Waals surface area contributed by atoms with E-state index in [9.17, 15) is 0 Å². The SMILES string of the molecule is Cc1cc(C(C)C)cc(C)[o+]1.[O-][Cl+3]([O-])([O-])[O-]. The molecule has 0 N–H and O–H groups in total. The summed E-state index contributed by atoms with van der Waals surface area (Å²) >= 11 is 0. The molecule has 1 aromatic heterocycles. The second-order valence-electron chi connectivity index (χ2n) is 3.64. The standard InChI is InChI=1S/C10H15O.ClHO4/c1-7(2)10-5-8(3)11-9(4)6-10;2-1(3,4)5/h5-7H,1-4H3;(H,2,3,4,5)/q+1;/p-1. The maximum atomic E-state index is 8.49. The number of hydrogen-bond acceptors (Lipinski definition) is 4. The van der Waals surface area contributed by atoms with Crippen LogP contribution in [-0.2, 0) is 0 Å². The molecule has 0 fully saturated rings. The highest BCUT2D eigenvalue weighted by Crippen LogP contribution is 2.17. The van der Waals surface area contributed by atoms with Crippen molar-refractivity contribution in [1.82, 2.24) is 0 Å². The maximum Gasteiger partial charge on any atom is 0.326 e. The van der Waals surface area contributed by atoms with Gasteiger partial charge in [-0.3, -0.25) is 0 Å². The van der Waals surface area contributed by atoms with Crippen molar-refractivity contribution < 1.29 is 33.3 Å². The van der Waals surface area contributed by atoms with E-state index in [-0.39, 0.29) is 0 Å². The molecule has 0 saturated carbocycles. The molecule has 6 heteroatoms. The molecule has 5 nitrogen and oxygen atoms in total. The highest BCUT2D eigenvalue weighted by molar-refractivity contribution is 5.19. The van der Waals surface area contributed by atoms with E-state index in [2.05, 4.69) is 26.0 Å². The lowest BCUT2D eigenvalue weighted by atomic mass is 10.0.